The van der Waals surface area contributed by atoms with Crippen LogP contribution in [0.15, 0.2) is 17.8 Å². The number of nitrogens with one attached hydrogen (secondary N) is 1. The Morgan fingerprint density at radius 2 is 2.41 bits per heavy atom. The molecule has 0 aliphatic rings. The molecule has 1 atom stereocenters. The van der Waals surface area contributed by atoms with Crippen molar-refractivity contribution >= 4 is 27.4 Å². The molecule has 0 amide bonds. The minimum atomic E-state index is 0.176. The molecule has 2 rings (SSSR count). The van der Waals surface area contributed by atoms with Crippen LogP contribution < -0.4 is 11.1 Å². The second-order valence-electron chi connectivity index (χ2n) is 3.72. The van der Waals surface area contributed by atoms with E-state index in [0.717, 1.165) is 22.5 Å². The zero-order valence-corrected chi connectivity index (χ0v) is 10.5. The number of aromatic nitrogens is 2. The summed E-state index contributed by atoms with van der Waals surface area (Å²) < 4.78 is 6.13. The van der Waals surface area contributed by atoms with Gasteiger partial charge in [0.05, 0.1) is 10.2 Å². The first-order valence-electron chi connectivity index (χ1n) is 5.49. The molecule has 0 aliphatic heterocycles. The minimum absolute atomic E-state index is 0.176. The van der Waals surface area contributed by atoms with Crippen molar-refractivity contribution in [3.8, 4) is 0 Å². The van der Waals surface area contributed by atoms with Crippen LogP contribution in [0.25, 0.3) is 10.2 Å². The van der Waals surface area contributed by atoms with Gasteiger partial charge in [-0.25, -0.2) is 9.97 Å². The van der Waals surface area contributed by atoms with E-state index in [0.29, 0.717) is 13.2 Å². The Labute approximate surface area is 104 Å². The van der Waals surface area contributed by atoms with E-state index < -0.39 is 0 Å². The first kappa shape index (κ1) is 12.2. The topological polar surface area (TPSA) is 73.1 Å². The Kier molecular flexibility index (Phi) is 4.24. The highest BCUT2D eigenvalue weighted by molar-refractivity contribution is 7.17. The zero-order valence-electron chi connectivity index (χ0n) is 9.72. The van der Waals surface area contributed by atoms with E-state index in [1.807, 2.05) is 11.4 Å². The minimum Gasteiger partial charge on any atom is -0.385 e. The molecule has 0 aliphatic carbocycles. The first-order chi connectivity index (χ1) is 8.35. The van der Waals surface area contributed by atoms with E-state index in [-0.39, 0.29) is 6.04 Å². The quantitative estimate of drug-likeness (QED) is 0.814. The third-order valence-electron chi connectivity index (χ3n) is 2.54. The fourth-order valence-corrected chi connectivity index (χ4v) is 2.39. The van der Waals surface area contributed by atoms with Crippen LogP contribution in [0.4, 0.5) is 5.82 Å². The van der Waals surface area contributed by atoms with E-state index in [9.17, 15) is 0 Å². The highest BCUT2D eigenvalue weighted by Gasteiger charge is 2.10. The van der Waals surface area contributed by atoms with Crippen LogP contribution in [-0.2, 0) is 4.74 Å². The molecule has 0 fully saturated rings. The lowest BCUT2D eigenvalue weighted by Crippen LogP contribution is -2.30. The summed E-state index contributed by atoms with van der Waals surface area (Å²) in [5.74, 6) is 0.858. The number of methoxy groups -OCH3 is 1. The summed E-state index contributed by atoms with van der Waals surface area (Å²) in [4.78, 5) is 8.47. The van der Waals surface area contributed by atoms with Gasteiger partial charge in [0.2, 0.25) is 0 Å². The van der Waals surface area contributed by atoms with Gasteiger partial charge in [0, 0.05) is 26.3 Å². The van der Waals surface area contributed by atoms with Crippen molar-refractivity contribution in [2.45, 2.75) is 12.5 Å². The summed E-state index contributed by atoms with van der Waals surface area (Å²) in [5.41, 5.74) is 6.69. The van der Waals surface area contributed by atoms with Crippen LogP contribution in [0.2, 0.25) is 0 Å². The van der Waals surface area contributed by atoms with Gasteiger partial charge >= 0.3 is 0 Å². The number of nitrogens with zero attached hydrogens (tertiary/aromatic N) is 2. The van der Waals surface area contributed by atoms with Crippen molar-refractivity contribution in [3.05, 3.63) is 17.8 Å². The number of rotatable bonds is 6. The molecule has 0 bridgehead atoms. The Balaban J connectivity index is 2.13. The van der Waals surface area contributed by atoms with Gasteiger partial charge in [0.15, 0.2) is 0 Å². The summed E-state index contributed by atoms with van der Waals surface area (Å²) in [6, 6.07) is 2.16. The molecule has 2 aromatic rings. The molecule has 1 unspecified atom stereocenters. The van der Waals surface area contributed by atoms with Gasteiger partial charge in [-0.3, -0.25) is 0 Å². The number of hydrogen-bond donors (Lipinski definition) is 2. The Hall–Kier alpha value is -1.24. The molecule has 0 saturated heterocycles. The number of anilines is 1. The fourth-order valence-electron chi connectivity index (χ4n) is 1.59. The SMILES string of the molecule is COCCC(CN)Nc1ncnc2ccsc12. The zero-order chi connectivity index (χ0) is 12.1. The first-order valence-corrected chi connectivity index (χ1v) is 6.37. The number of fused-ring (bicyclic) bond motifs is 1. The van der Waals surface area contributed by atoms with Gasteiger partial charge < -0.3 is 15.8 Å². The Bertz CT molecular complexity index is 473. The molecular weight excluding hydrogens is 236 g/mol. The van der Waals surface area contributed by atoms with Gasteiger partial charge in [-0.15, -0.1) is 11.3 Å². The van der Waals surface area contributed by atoms with Crippen molar-refractivity contribution in [1.29, 1.82) is 0 Å². The van der Waals surface area contributed by atoms with Crippen LogP contribution in [0.1, 0.15) is 6.42 Å². The highest BCUT2D eigenvalue weighted by atomic mass is 32.1. The van der Waals surface area contributed by atoms with Gasteiger partial charge in [-0.1, -0.05) is 0 Å². The molecule has 92 valence electrons. The Morgan fingerprint density at radius 1 is 1.53 bits per heavy atom. The van der Waals surface area contributed by atoms with Crippen molar-refractivity contribution in [2.75, 3.05) is 25.6 Å². The summed E-state index contributed by atoms with van der Waals surface area (Å²) in [5, 5.41) is 5.36. The smallest absolute Gasteiger partial charge is 0.147 e. The molecule has 6 heteroatoms. The highest BCUT2D eigenvalue weighted by Crippen LogP contribution is 2.25. The summed E-state index contributed by atoms with van der Waals surface area (Å²) in [6.07, 6.45) is 2.44. The van der Waals surface area contributed by atoms with E-state index in [2.05, 4.69) is 15.3 Å². The lowest BCUT2D eigenvalue weighted by Gasteiger charge is -2.17. The number of thiophene rings is 1. The lowest BCUT2D eigenvalue weighted by molar-refractivity contribution is 0.190. The second-order valence-corrected chi connectivity index (χ2v) is 4.63. The number of hydrogen-bond acceptors (Lipinski definition) is 6. The average molecular weight is 252 g/mol. The Morgan fingerprint density at radius 3 is 3.18 bits per heavy atom. The number of ether oxygens (including phenoxy) is 1. The van der Waals surface area contributed by atoms with E-state index in [1.54, 1.807) is 24.8 Å². The molecule has 2 aromatic heterocycles. The fraction of sp³-hybridized carbons (Fsp3) is 0.455. The third-order valence-corrected chi connectivity index (χ3v) is 3.45. The van der Waals surface area contributed by atoms with Gasteiger partial charge in [0.25, 0.3) is 0 Å². The molecular formula is C11H16N4OS. The molecule has 5 nitrogen and oxygen atoms in total. The van der Waals surface area contributed by atoms with E-state index >= 15 is 0 Å². The molecule has 3 N–H and O–H groups in total. The van der Waals surface area contributed by atoms with E-state index in [1.165, 1.54) is 0 Å². The summed E-state index contributed by atoms with van der Waals surface area (Å²) in [7, 11) is 1.69. The second kappa shape index (κ2) is 5.90. The predicted molar refractivity (Wildman–Crippen MR) is 70.4 cm³/mol. The molecule has 0 aromatic carbocycles. The maximum atomic E-state index is 5.72. The van der Waals surface area contributed by atoms with Crippen LogP contribution in [0.3, 0.4) is 0 Å². The van der Waals surface area contributed by atoms with Gasteiger partial charge in [-0.05, 0) is 17.9 Å². The van der Waals surface area contributed by atoms with Gasteiger partial charge in [0.1, 0.15) is 12.1 Å². The number of nitrogens with two attached hydrogens (primary N) is 1. The monoisotopic (exact) mass is 252 g/mol. The predicted octanol–water partition coefficient (Wildman–Crippen LogP) is 1.47. The van der Waals surface area contributed by atoms with E-state index in [4.69, 9.17) is 10.5 Å². The average Bonchev–Trinajstić information content (AvgIpc) is 2.83. The van der Waals surface area contributed by atoms with Crippen molar-refractivity contribution in [1.82, 2.24) is 9.97 Å². The van der Waals surface area contributed by atoms with Crippen molar-refractivity contribution in [3.63, 3.8) is 0 Å². The van der Waals surface area contributed by atoms with Gasteiger partial charge in [-0.2, -0.15) is 0 Å². The van der Waals surface area contributed by atoms with Crippen molar-refractivity contribution in [2.24, 2.45) is 5.73 Å². The van der Waals surface area contributed by atoms with Crippen LogP contribution in [0, 0.1) is 0 Å². The van der Waals surface area contributed by atoms with Crippen LogP contribution in [0.5, 0.6) is 0 Å². The standard InChI is InChI=1S/C11H16N4OS/c1-16-4-2-8(6-12)15-11-10-9(3-5-17-10)13-7-14-11/h3,5,7-8H,2,4,6,12H2,1H3,(H,13,14,15). The molecule has 0 spiro atoms. The maximum Gasteiger partial charge on any atom is 0.147 e. The normalized spacial score (nSPS) is 12.8. The third kappa shape index (κ3) is 2.91. The maximum absolute atomic E-state index is 5.72. The molecule has 0 radical (unpaired) electrons. The van der Waals surface area contributed by atoms with Crippen LogP contribution >= 0.6 is 11.3 Å². The summed E-state index contributed by atoms with van der Waals surface area (Å²) >= 11 is 1.63. The van der Waals surface area contributed by atoms with Crippen LogP contribution in [-0.4, -0.2) is 36.3 Å². The largest absolute Gasteiger partial charge is 0.385 e. The van der Waals surface area contributed by atoms with Crippen molar-refractivity contribution < 1.29 is 4.74 Å². The molecule has 2 heterocycles. The molecule has 0 saturated carbocycles. The lowest BCUT2D eigenvalue weighted by atomic mass is 10.2. The molecule has 17 heavy (non-hydrogen) atoms. The summed E-state index contributed by atoms with van der Waals surface area (Å²) in [6.45, 7) is 1.24.